The molecule has 0 N–H and O–H groups in total. The molecule has 19 heavy (non-hydrogen) atoms. The first-order valence-electron chi connectivity index (χ1n) is 7.44. The lowest BCUT2D eigenvalue weighted by Gasteiger charge is -2.34. The van der Waals surface area contributed by atoms with Crippen LogP contribution in [0.25, 0.3) is 0 Å². The number of hydrogen-bond acceptors (Lipinski definition) is 2. The minimum absolute atomic E-state index is 0.279. The smallest absolute Gasteiger partial charge is 0.178 e. The Balaban J connectivity index is 2.09. The molecule has 1 saturated heterocycles. The molecule has 1 unspecified atom stereocenters. The Morgan fingerprint density at radius 3 is 2.68 bits per heavy atom. The average Bonchev–Trinajstić information content (AvgIpc) is 2.67. The minimum atomic E-state index is 0.279. The van der Waals surface area contributed by atoms with E-state index in [4.69, 9.17) is 0 Å². The van der Waals surface area contributed by atoms with E-state index < -0.39 is 0 Å². The standard InChI is InChI=1S/C16H26N2O/c1-5-14-8-6-7-9-18(14)11-16(19)15-10-12(2)17(4)13(15)3/h10,14H,5-9,11H2,1-4H3. The van der Waals surface area contributed by atoms with Crippen LogP contribution in [-0.4, -0.2) is 34.4 Å². The highest BCUT2D eigenvalue weighted by Gasteiger charge is 2.24. The second-order valence-corrected chi connectivity index (χ2v) is 5.80. The van der Waals surface area contributed by atoms with E-state index in [0.717, 1.165) is 29.9 Å². The zero-order valence-corrected chi connectivity index (χ0v) is 12.7. The number of carbonyl (C=O) groups excluding carboxylic acids is 1. The number of piperidine rings is 1. The van der Waals surface area contributed by atoms with Gasteiger partial charge in [-0.2, -0.15) is 0 Å². The molecule has 106 valence electrons. The molecule has 1 aromatic heterocycles. The van der Waals surface area contributed by atoms with Crippen LogP contribution in [0.3, 0.4) is 0 Å². The second kappa shape index (κ2) is 5.91. The van der Waals surface area contributed by atoms with Gasteiger partial charge in [-0.25, -0.2) is 0 Å². The van der Waals surface area contributed by atoms with E-state index in [9.17, 15) is 4.79 Å². The normalized spacial score (nSPS) is 20.7. The largest absolute Gasteiger partial charge is 0.351 e. The zero-order valence-electron chi connectivity index (χ0n) is 12.7. The van der Waals surface area contributed by atoms with Gasteiger partial charge in [0.2, 0.25) is 0 Å². The molecular weight excluding hydrogens is 236 g/mol. The second-order valence-electron chi connectivity index (χ2n) is 5.80. The van der Waals surface area contributed by atoms with Crippen LogP contribution < -0.4 is 0 Å². The zero-order chi connectivity index (χ0) is 14.0. The SMILES string of the molecule is CCC1CCCCN1CC(=O)c1cc(C)n(C)c1C. The number of rotatable bonds is 4. The molecule has 0 amide bonds. The molecule has 1 fully saturated rings. The van der Waals surface area contributed by atoms with Gasteiger partial charge in [-0.3, -0.25) is 9.69 Å². The molecule has 2 rings (SSSR count). The topological polar surface area (TPSA) is 25.2 Å². The Bertz CT molecular complexity index is 462. The summed E-state index contributed by atoms with van der Waals surface area (Å²) in [6, 6.07) is 2.63. The van der Waals surface area contributed by atoms with Gasteiger partial charge in [0.25, 0.3) is 0 Å². The molecule has 3 nitrogen and oxygen atoms in total. The molecule has 1 atom stereocenters. The first-order valence-corrected chi connectivity index (χ1v) is 7.44. The maximum Gasteiger partial charge on any atom is 0.178 e. The van der Waals surface area contributed by atoms with Crippen molar-refractivity contribution in [2.45, 2.75) is 52.5 Å². The quantitative estimate of drug-likeness (QED) is 0.779. The molecule has 0 saturated carbocycles. The van der Waals surface area contributed by atoms with Crippen molar-refractivity contribution in [2.24, 2.45) is 7.05 Å². The minimum Gasteiger partial charge on any atom is -0.351 e. The van der Waals surface area contributed by atoms with Gasteiger partial charge in [0.15, 0.2) is 5.78 Å². The number of aryl methyl sites for hydroxylation is 1. The summed E-state index contributed by atoms with van der Waals surface area (Å²) in [5, 5.41) is 0. The van der Waals surface area contributed by atoms with E-state index in [2.05, 4.69) is 23.3 Å². The number of hydrogen-bond donors (Lipinski definition) is 0. The van der Waals surface area contributed by atoms with Crippen molar-refractivity contribution >= 4 is 5.78 Å². The lowest BCUT2D eigenvalue weighted by molar-refractivity contribution is 0.0837. The van der Waals surface area contributed by atoms with Gasteiger partial charge < -0.3 is 4.57 Å². The van der Waals surface area contributed by atoms with Crippen molar-refractivity contribution < 1.29 is 4.79 Å². The summed E-state index contributed by atoms with van der Waals surface area (Å²) in [6.07, 6.45) is 4.94. The van der Waals surface area contributed by atoms with E-state index in [1.54, 1.807) is 0 Å². The summed E-state index contributed by atoms with van der Waals surface area (Å²) in [5.41, 5.74) is 3.15. The fourth-order valence-corrected chi connectivity index (χ4v) is 3.14. The number of carbonyl (C=O) groups is 1. The Labute approximate surface area is 116 Å². The lowest BCUT2D eigenvalue weighted by Crippen LogP contribution is -2.42. The van der Waals surface area contributed by atoms with Gasteiger partial charge in [-0.1, -0.05) is 13.3 Å². The van der Waals surface area contributed by atoms with Crippen LogP contribution in [0.15, 0.2) is 6.07 Å². The third-order valence-corrected chi connectivity index (χ3v) is 4.64. The van der Waals surface area contributed by atoms with Crippen LogP contribution in [0.5, 0.6) is 0 Å². The average molecular weight is 262 g/mol. The molecule has 0 spiro atoms. The Morgan fingerprint density at radius 1 is 1.37 bits per heavy atom. The van der Waals surface area contributed by atoms with Crippen molar-refractivity contribution in [2.75, 3.05) is 13.1 Å². The Hall–Kier alpha value is -1.09. The highest BCUT2D eigenvalue weighted by atomic mass is 16.1. The summed E-state index contributed by atoms with van der Waals surface area (Å²) >= 11 is 0. The van der Waals surface area contributed by atoms with Crippen LogP contribution in [-0.2, 0) is 7.05 Å². The van der Waals surface area contributed by atoms with Crippen LogP contribution in [0.4, 0.5) is 0 Å². The Kier molecular flexibility index (Phi) is 4.46. The Morgan fingerprint density at radius 2 is 2.11 bits per heavy atom. The lowest BCUT2D eigenvalue weighted by atomic mass is 9.99. The van der Waals surface area contributed by atoms with Crippen molar-refractivity contribution in [1.82, 2.24) is 9.47 Å². The summed E-state index contributed by atoms with van der Waals surface area (Å²) < 4.78 is 2.10. The maximum atomic E-state index is 12.5. The number of ketones is 1. The van der Waals surface area contributed by atoms with Gasteiger partial charge in [-0.15, -0.1) is 0 Å². The van der Waals surface area contributed by atoms with Crippen LogP contribution in [0, 0.1) is 13.8 Å². The predicted molar refractivity (Wildman–Crippen MR) is 78.7 cm³/mol. The van der Waals surface area contributed by atoms with Crippen molar-refractivity contribution in [3.05, 3.63) is 23.0 Å². The molecule has 0 aromatic carbocycles. The van der Waals surface area contributed by atoms with Gasteiger partial charge >= 0.3 is 0 Å². The van der Waals surface area contributed by atoms with E-state index in [1.165, 1.54) is 19.3 Å². The fourth-order valence-electron chi connectivity index (χ4n) is 3.14. The third kappa shape index (κ3) is 2.92. The van der Waals surface area contributed by atoms with Crippen molar-refractivity contribution in [3.63, 3.8) is 0 Å². The highest BCUT2D eigenvalue weighted by Crippen LogP contribution is 2.21. The number of likely N-dealkylation sites (tertiary alicyclic amines) is 1. The fraction of sp³-hybridized carbons (Fsp3) is 0.688. The molecule has 0 aliphatic carbocycles. The predicted octanol–water partition coefficient (Wildman–Crippen LogP) is 3.09. The molecule has 1 aromatic rings. The number of nitrogens with zero attached hydrogens (tertiary/aromatic N) is 2. The van der Waals surface area contributed by atoms with E-state index in [0.29, 0.717) is 12.6 Å². The number of Topliss-reactive ketones (excluding diaryl/α,β-unsaturated/α-hetero) is 1. The number of aromatic nitrogens is 1. The molecule has 0 radical (unpaired) electrons. The summed E-state index contributed by atoms with van der Waals surface area (Å²) in [7, 11) is 2.02. The summed E-state index contributed by atoms with van der Waals surface area (Å²) in [5.74, 6) is 0.279. The van der Waals surface area contributed by atoms with Crippen LogP contribution in [0.1, 0.15) is 54.4 Å². The van der Waals surface area contributed by atoms with E-state index in [1.807, 2.05) is 20.0 Å². The molecule has 3 heteroatoms. The van der Waals surface area contributed by atoms with Gasteiger partial charge in [0, 0.05) is 30.0 Å². The van der Waals surface area contributed by atoms with Gasteiger partial charge in [0.1, 0.15) is 0 Å². The van der Waals surface area contributed by atoms with Crippen molar-refractivity contribution in [3.8, 4) is 0 Å². The van der Waals surface area contributed by atoms with Crippen LogP contribution >= 0.6 is 0 Å². The summed E-state index contributed by atoms with van der Waals surface area (Å²) in [4.78, 5) is 14.9. The monoisotopic (exact) mass is 262 g/mol. The molecule has 1 aliphatic rings. The van der Waals surface area contributed by atoms with E-state index >= 15 is 0 Å². The maximum absolute atomic E-state index is 12.5. The third-order valence-electron chi connectivity index (χ3n) is 4.64. The first kappa shape index (κ1) is 14.3. The first-order chi connectivity index (χ1) is 9.04. The van der Waals surface area contributed by atoms with E-state index in [-0.39, 0.29) is 5.78 Å². The summed E-state index contributed by atoms with van der Waals surface area (Å²) in [6.45, 7) is 7.98. The molecule has 2 heterocycles. The van der Waals surface area contributed by atoms with Gasteiger partial charge in [-0.05, 0) is 45.7 Å². The molecular formula is C16H26N2O. The van der Waals surface area contributed by atoms with Crippen LogP contribution in [0.2, 0.25) is 0 Å². The van der Waals surface area contributed by atoms with Crippen molar-refractivity contribution in [1.29, 1.82) is 0 Å². The molecule has 1 aliphatic heterocycles. The molecule has 0 bridgehead atoms. The van der Waals surface area contributed by atoms with Gasteiger partial charge in [0.05, 0.1) is 6.54 Å². The highest BCUT2D eigenvalue weighted by molar-refractivity contribution is 5.99.